The Morgan fingerprint density at radius 2 is 1.95 bits per heavy atom. The summed E-state index contributed by atoms with van der Waals surface area (Å²) >= 11 is 0. The van der Waals surface area contributed by atoms with E-state index in [9.17, 15) is 18.4 Å². The first-order chi connectivity index (χ1) is 9.32. The van der Waals surface area contributed by atoms with Gasteiger partial charge in [-0.15, -0.1) is 0 Å². The summed E-state index contributed by atoms with van der Waals surface area (Å²) in [7, 11) is 3.49. The van der Waals surface area contributed by atoms with E-state index in [-0.39, 0.29) is 6.54 Å². The summed E-state index contributed by atoms with van der Waals surface area (Å²) in [4.78, 5) is 28.6. The van der Waals surface area contributed by atoms with Gasteiger partial charge in [0.15, 0.2) is 5.82 Å². The van der Waals surface area contributed by atoms with Crippen molar-refractivity contribution in [1.82, 2.24) is 14.8 Å². The molecule has 1 amide bonds. The minimum absolute atomic E-state index is 0.0848. The van der Waals surface area contributed by atoms with Crippen LogP contribution in [-0.4, -0.2) is 65.5 Å². The van der Waals surface area contributed by atoms with E-state index in [2.05, 4.69) is 4.98 Å². The Morgan fingerprint density at radius 3 is 2.50 bits per heavy atom. The van der Waals surface area contributed by atoms with Crippen molar-refractivity contribution in [3.63, 3.8) is 0 Å². The summed E-state index contributed by atoms with van der Waals surface area (Å²) in [6.45, 7) is -0.105. The van der Waals surface area contributed by atoms with Gasteiger partial charge in [-0.1, -0.05) is 0 Å². The normalized spacial score (nSPS) is 10.7. The van der Waals surface area contributed by atoms with Crippen molar-refractivity contribution in [2.24, 2.45) is 0 Å². The third kappa shape index (κ3) is 4.23. The van der Waals surface area contributed by atoms with E-state index in [0.29, 0.717) is 6.54 Å². The number of amides is 1. The summed E-state index contributed by atoms with van der Waals surface area (Å²) in [6.07, 6.45) is 0.955. The fourth-order valence-electron chi connectivity index (χ4n) is 1.49. The molecule has 1 N–H and O–H groups in total. The second-order valence-electron chi connectivity index (χ2n) is 4.39. The van der Waals surface area contributed by atoms with Crippen molar-refractivity contribution in [3.05, 3.63) is 29.6 Å². The number of aliphatic carboxylic acids is 1. The quantitative estimate of drug-likeness (QED) is 0.769. The predicted octanol–water partition coefficient (Wildman–Crippen LogP) is 0.448. The lowest BCUT2D eigenvalue weighted by atomic mass is 10.2. The number of nitrogens with zero attached hydrogens (tertiary/aromatic N) is 3. The van der Waals surface area contributed by atoms with Crippen molar-refractivity contribution in [2.45, 2.75) is 0 Å². The molecule has 20 heavy (non-hydrogen) atoms. The van der Waals surface area contributed by atoms with Gasteiger partial charge in [0.25, 0.3) is 5.91 Å². The van der Waals surface area contributed by atoms with Gasteiger partial charge >= 0.3 is 5.97 Å². The first kappa shape index (κ1) is 16.0. The minimum Gasteiger partial charge on any atom is -0.480 e. The van der Waals surface area contributed by atoms with Gasteiger partial charge in [-0.25, -0.2) is 9.37 Å². The van der Waals surface area contributed by atoms with E-state index in [4.69, 9.17) is 5.11 Å². The Kier molecular flexibility index (Phi) is 5.51. The smallest absolute Gasteiger partial charge is 0.323 e. The van der Waals surface area contributed by atoms with Crippen LogP contribution in [0.2, 0.25) is 0 Å². The van der Waals surface area contributed by atoms with Crippen molar-refractivity contribution in [1.29, 1.82) is 0 Å². The summed E-state index contributed by atoms with van der Waals surface area (Å²) in [6, 6.07) is 1.02. The highest BCUT2D eigenvalue weighted by molar-refractivity contribution is 5.96. The molecule has 110 valence electrons. The second kappa shape index (κ2) is 6.90. The van der Waals surface area contributed by atoms with Gasteiger partial charge in [-0.2, -0.15) is 4.39 Å². The number of halogens is 2. The molecule has 0 aliphatic heterocycles. The zero-order chi connectivity index (χ0) is 15.3. The van der Waals surface area contributed by atoms with Crippen LogP contribution in [0.1, 0.15) is 10.4 Å². The van der Waals surface area contributed by atoms with Gasteiger partial charge in [-0.05, 0) is 20.2 Å². The van der Waals surface area contributed by atoms with Crippen LogP contribution in [-0.2, 0) is 4.79 Å². The molecule has 1 aromatic rings. The average Bonchev–Trinajstić information content (AvgIpc) is 2.36. The van der Waals surface area contributed by atoms with Crippen LogP contribution in [0.25, 0.3) is 0 Å². The van der Waals surface area contributed by atoms with Crippen molar-refractivity contribution in [3.8, 4) is 0 Å². The molecule has 0 saturated carbocycles. The summed E-state index contributed by atoms with van der Waals surface area (Å²) in [5, 5.41) is 8.78. The van der Waals surface area contributed by atoms with Crippen LogP contribution in [0.4, 0.5) is 8.78 Å². The van der Waals surface area contributed by atoms with Gasteiger partial charge in [0, 0.05) is 19.3 Å². The molecule has 0 bridgehead atoms. The average molecular weight is 287 g/mol. The Morgan fingerprint density at radius 1 is 1.30 bits per heavy atom. The molecule has 0 atom stereocenters. The lowest BCUT2D eigenvalue weighted by molar-refractivity contribution is -0.137. The first-order valence-electron chi connectivity index (χ1n) is 5.78. The van der Waals surface area contributed by atoms with E-state index in [1.54, 1.807) is 19.0 Å². The zero-order valence-electron chi connectivity index (χ0n) is 11.1. The molecule has 6 nitrogen and oxygen atoms in total. The Hall–Kier alpha value is -2.09. The van der Waals surface area contributed by atoms with E-state index < -0.39 is 35.7 Å². The fraction of sp³-hybridized carbons (Fsp3) is 0.417. The van der Waals surface area contributed by atoms with Crippen LogP contribution in [0.5, 0.6) is 0 Å². The summed E-state index contributed by atoms with van der Waals surface area (Å²) in [5.74, 6) is -4.88. The molecule has 0 fully saturated rings. The monoisotopic (exact) mass is 287 g/mol. The Labute approximate surface area is 114 Å². The maximum absolute atomic E-state index is 13.5. The van der Waals surface area contributed by atoms with Crippen molar-refractivity contribution in [2.75, 3.05) is 33.7 Å². The molecular formula is C12H15F2N3O3. The fourth-order valence-corrected chi connectivity index (χ4v) is 1.49. The summed E-state index contributed by atoms with van der Waals surface area (Å²) in [5.41, 5.74) is -0.530. The molecule has 1 aromatic heterocycles. The number of carbonyl (C=O) groups is 2. The van der Waals surface area contributed by atoms with Crippen LogP contribution in [0, 0.1) is 11.8 Å². The molecule has 0 aliphatic rings. The minimum atomic E-state index is -1.39. The predicted molar refractivity (Wildman–Crippen MR) is 66.2 cm³/mol. The van der Waals surface area contributed by atoms with Crippen molar-refractivity contribution >= 4 is 11.9 Å². The van der Waals surface area contributed by atoms with Crippen LogP contribution >= 0.6 is 0 Å². The molecule has 0 spiro atoms. The highest BCUT2D eigenvalue weighted by Gasteiger charge is 2.23. The van der Waals surface area contributed by atoms with Gasteiger partial charge in [0.05, 0.1) is 5.56 Å². The van der Waals surface area contributed by atoms with Gasteiger partial charge in [0.1, 0.15) is 6.54 Å². The van der Waals surface area contributed by atoms with E-state index in [1.165, 1.54) is 0 Å². The zero-order valence-corrected chi connectivity index (χ0v) is 11.1. The maximum atomic E-state index is 13.5. The largest absolute Gasteiger partial charge is 0.480 e. The number of carboxylic acids is 1. The highest BCUT2D eigenvalue weighted by atomic mass is 19.2. The number of carbonyl (C=O) groups excluding carboxylic acids is 1. The topological polar surface area (TPSA) is 73.7 Å². The number of pyridine rings is 1. The van der Waals surface area contributed by atoms with Crippen LogP contribution in [0.3, 0.4) is 0 Å². The Balaban J connectivity index is 2.97. The lowest BCUT2D eigenvalue weighted by Crippen LogP contribution is -2.40. The van der Waals surface area contributed by atoms with E-state index in [1.807, 2.05) is 0 Å². The lowest BCUT2D eigenvalue weighted by Gasteiger charge is -2.22. The standard InChI is InChI=1S/C12H15F2N3O3/c1-16(2)5-6-17(7-9(18)19)12(20)8-3-4-15-11(14)10(8)13/h3-4H,5-7H2,1-2H3,(H,18,19). The number of likely N-dealkylation sites (N-methyl/N-ethyl adjacent to an activating group) is 1. The molecule has 0 radical (unpaired) electrons. The maximum Gasteiger partial charge on any atom is 0.323 e. The molecule has 1 heterocycles. The van der Waals surface area contributed by atoms with E-state index in [0.717, 1.165) is 17.2 Å². The number of carboxylic acid groups (broad SMARTS) is 1. The Bertz CT molecular complexity index is 509. The van der Waals surface area contributed by atoms with Crippen molar-refractivity contribution < 1.29 is 23.5 Å². The molecular weight excluding hydrogens is 272 g/mol. The third-order valence-corrected chi connectivity index (χ3v) is 2.51. The van der Waals surface area contributed by atoms with Gasteiger partial charge in [-0.3, -0.25) is 9.59 Å². The molecule has 8 heteroatoms. The molecule has 0 aliphatic carbocycles. The number of hydrogen-bond acceptors (Lipinski definition) is 4. The second-order valence-corrected chi connectivity index (χ2v) is 4.39. The van der Waals surface area contributed by atoms with Gasteiger partial charge < -0.3 is 14.9 Å². The molecule has 0 aromatic carbocycles. The molecule has 0 saturated heterocycles. The highest BCUT2D eigenvalue weighted by Crippen LogP contribution is 2.12. The van der Waals surface area contributed by atoms with Crippen LogP contribution < -0.4 is 0 Å². The molecule has 1 rings (SSSR count). The molecule has 0 unspecified atom stereocenters. The summed E-state index contributed by atoms with van der Waals surface area (Å²) < 4.78 is 26.5. The third-order valence-electron chi connectivity index (χ3n) is 2.51. The first-order valence-corrected chi connectivity index (χ1v) is 5.78. The number of aromatic nitrogens is 1. The SMILES string of the molecule is CN(C)CCN(CC(=O)O)C(=O)c1ccnc(F)c1F. The van der Waals surface area contributed by atoms with Gasteiger partial charge in [0.2, 0.25) is 5.95 Å². The van der Waals surface area contributed by atoms with Crippen LogP contribution in [0.15, 0.2) is 12.3 Å². The number of hydrogen-bond donors (Lipinski definition) is 1. The van der Waals surface area contributed by atoms with E-state index >= 15 is 0 Å². The number of rotatable bonds is 6.